The topological polar surface area (TPSA) is 79.8 Å². The first-order valence-corrected chi connectivity index (χ1v) is 10.2. The van der Waals surface area contributed by atoms with Crippen LogP contribution in [0.25, 0.3) is 22.2 Å². The number of ether oxygens (including phenoxy) is 1. The van der Waals surface area contributed by atoms with Crippen LogP contribution in [0.5, 0.6) is 11.8 Å². The Morgan fingerprint density at radius 1 is 1.13 bits per heavy atom. The molecule has 1 saturated carbocycles. The molecule has 0 amide bonds. The Labute approximate surface area is 173 Å². The van der Waals surface area contributed by atoms with Crippen molar-refractivity contribution >= 4 is 11.0 Å². The average Bonchev–Trinajstić information content (AvgIpc) is 3.36. The van der Waals surface area contributed by atoms with Crippen molar-refractivity contribution in [1.29, 1.82) is 0 Å². The van der Waals surface area contributed by atoms with Gasteiger partial charge in [0.1, 0.15) is 11.1 Å². The van der Waals surface area contributed by atoms with Crippen LogP contribution in [0.2, 0.25) is 0 Å². The molecule has 3 heterocycles. The van der Waals surface area contributed by atoms with Crippen molar-refractivity contribution in [3.63, 3.8) is 0 Å². The molecule has 8 nitrogen and oxygen atoms in total. The highest BCUT2D eigenvalue weighted by molar-refractivity contribution is 5.74. The normalized spacial score (nSPS) is 14.0. The van der Waals surface area contributed by atoms with Crippen molar-refractivity contribution in [2.24, 2.45) is 14.1 Å². The van der Waals surface area contributed by atoms with E-state index in [4.69, 9.17) is 4.74 Å². The number of rotatable bonds is 5. The fourth-order valence-corrected chi connectivity index (χ4v) is 3.71. The van der Waals surface area contributed by atoms with Crippen molar-refractivity contribution in [2.45, 2.75) is 38.6 Å². The van der Waals surface area contributed by atoms with Gasteiger partial charge in [-0.15, -0.1) is 0 Å². The third-order valence-corrected chi connectivity index (χ3v) is 5.48. The maximum Gasteiger partial charge on any atom is 0.306 e. The predicted octanol–water partition coefficient (Wildman–Crippen LogP) is 3.78. The fraction of sp³-hybridized carbons (Fsp3) is 0.364. The second-order valence-corrected chi connectivity index (χ2v) is 8.18. The molecule has 0 radical (unpaired) electrons. The first-order valence-electron chi connectivity index (χ1n) is 10.2. The molecule has 30 heavy (non-hydrogen) atoms. The van der Waals surface area contributed by atoms with E-state index in [-0.39, 0.29) is 17.6 Å². The quantitative estimate of drug-likeness (QED) is 0.506. The van der Waals surface area contributed by atoms with E-state index in [2.05, 4.69) is 21.4 Å². The molecule has 1 aromatic carbocycles. The van der Waals surface area contributed by atoms with Crippen LogP contribution in [-0.4, -0.2) is 29.1 Å². The van der Waals surface area contributed by atoms with Crippen LogP contribution in [0.4, 0.5) is 0 Å². The first kappa shape index (κ1) is 18.6. The summed E-state index contributed by atoms with van der Waals surface area (Å²) >= 11 is 0. The molecule has 0 unspecified atom stereocenters. The summed E-state index contributed by atoms with van der Waals surface area (Å²) in [6.07, 6.45) is 6.05. The summed E-state index contributed by atoms with van der Waals surface area (Å²) in [4.78, 5) is 17.3. The number of aromatic nitrogens is 6. The Morgan fingerprint density at radius 2 is 1.87 bits per heavy atom. The van der Waals surface area contributed by atoms with Gasteiger partial charge in [-0.25, -0.2) is 4.68 Å². The van der Waals surface area contributed by atoms with E-state index in [9.17, 15) is 4.79 Å². The molecule has 1 fully saturated rings. The van der Waals surface area contributed by atoms with E-state index in [0.29, 0.717) is 22.7 Å². The summed E-state index contributed by atoms with van der Waals surface area (Å²) < 4.78 is 11.0. The molecule has 0 saturated heterocycles. The summed E-state index contributed by atoms with van der Waals surface area (Å²) in [5.41, 5.74) is 3.79. The third kappa shape index (κ3) is 3.08. The molecule has 0 aliphatic heterocycles. The lowest BCUT2D eigenvalue weighted by molar-refractivity contribution is 0.413. The van der Waals surface area contributed by atoms with E-state index in [1.807, 2.05) is 49.8 Å². The van der Waals surface area contributed by atoms with Gasteiger partial charge in [-0.05, 0) is 44.4 Å². The highest BCUT2D eigenvalue weighted by Crippen LogP contribution is 2.43. The Morgan fingerprint density at radius 3 is 2.53 bits per heavy atom. The second kappa shape index (κ2) is 6.83. The lowest BCUT2D eigenvalue weighted by Gasteiger charge is -2.11. The Balaban J connectivity index is 1.48. The van der Waals surface area contributed by atoms with Crippen LogP contribution < -0.4 is 10.3 Å². The Bertz CT molecular complexity index is 1290. The summed E-state index contributed by atoms with van der Waals surface area (Å²) in [5.74, 6) is 1.20. The van der Waals surface area contributed by atoms with Crippen LogP contribution in [0.3, 0.4) is 0 Å². The zero-order valence-corrected chi connectivity index (χ0v) is 17.5. The average molecular weight is 404 g/mol. The number of hydrogen-bond donors (Lipinski definition) is 0. The van der Waals surface area contributed by atoms with Crippen LogP contribution in [-0.2, 0) is 14.1 Å². The number of aryl methyl sites for hydroxylation is 1. The van der Waals surface area contributed by atoms with Gasteiger partial charge in [-0.1, -0.05) is 12.1 Å². The molecule has 1 aliphatic carbocycles. The van der Waals surface area contributed by atoms with Gasteiger partial charge in [0, 0.05) is 37.8 Å². The molecule has 0 atom stereocenters. The highest BCUT2D eigenvalue weighted by Gasteiger charge is 2.29. The second-order valence-electron chi connectivity index (χ2n) is 8.18. The van der Waals surface area contributed by atoms with Gasteiger partial charge in [0.15, 0.2) is 5.65 Å². The van der Waals surface area contributed by atoms with Crippen molar-refractivity contribution in [1.82, 2.24) is 29.1 Å². The minimum Gasteiger partial charge on any atom is -0.425 e. The number of hydrogen-bond acceptors (Lipinski definition) is 5. The van der Waals surface area contributed by atoms with E-state index >= 15 is 0 Å². The van der Waals surface area contributed by atoms with Gasteiger partial charge in [-0.3, -0.25) is 14.0 Å². The molecule has 5 rings (SSSR count). The molecule has 154 valence electrons. The third-order valence-electron chi connectivity index (χ3n) is 5.48. The zero-order chi connectivity index (χ0) is 21.0. The van der Waals surface area contributed by atoms with Crippen molar-refractivity contribution in [3.05, 3.63) is 52.7 Å². The van der Waals surface area contributed by atoms with Crippen LogP contribution in [0.1, 0.15) is 44.3 Å². The molecule has 1 aliphatic rings. The van der Waals surface area contributed by atoms with Gasteiger partial charge < -0.3 is 4.74 Å². The zero-order valence-electron chi connectivity index (χ0n) is 17.5. The smallest absolute Gasteiger partial charge is 0.306 e. The minimum atomic E-state index is -0.178. The van der Waals surface area contributed by atoms with Crippen LogP contribution >= 0.6 is 0 Å². The van der Waals surface area contributed by atoms with Crippen LogP contribution in [0, 0.1) is 0 Å². The van der Waals surface area contributed by atoms with Gasteiger partial charge in [-0.2, -0.15) is 15.2 Å². The van der Waals surface area contributed by atoms with Gasteiger partial charge in [0.05, 0.1) is 11.9 Å². The standard InChI is InChI=1S/C22H24N6O2/c1-13(2)28-20-17(11-23-28)21(29)27(4)22(24-20)30-16-9-7-14(8-10-16)18-12-26(3)25-19(18)15-5-6-15/h7-13,15H,5-6H2,1-4H3. The maximum atomic E-state index is 12.7. The van der Waals surface area contributed by atoms with E-state index in [0.717, 1.165) is 5.56 Å². The highest BCUT2D eigenvalue weighted by atomic mass is 16.5. The summed E-state index contributed by atoms with van der Waals surface area (Å²) in [5, 5.41) is 9.42. The van der Waals surface area contributed by atoms with Crippen molar-refractivity contribution in [3.8, 4) is 22.9 Å². The Kier molecular flexibility index (Phi) is 4.23. The molecule has 8 heteroatoms. The molecule has 0 spiro atoms. The largest absolute Gasteiger partial charge is 0.425 e. The maximum absolute atomic E-state index is 12.7. The minimum absolute atomic E-state index is 0.0920. The van der Waals surface area contributed by atoms with Crippen LogP contribution in [0.15, 0.2) is 41.5 Å². The van der Waals surface area contributed by atoms with E-state index < -0.39 is 0 Å². The lowest BCUT2D eigenvalue weighted by atomic mass is 10.0. The predicted molar refractivity (Wildman–Crippen MR) is 114 cm³/mol. The number of benzene rings is 1. The number of fused-ring (bicyclic) bond motifs is 1. The molecule has 4 aromatic rings. The molecular formula is C22H24N6O2. The van der Waals surface area contributed by atoms with Gasteiger partial charge in [0.25, 0.3) is 5.56 Å². The van der Waals surface area contributed by atoms with Gasteiger partial charge in [0.2, 0.25) is 0 Å². The SMILES string of the molecule is CC(C)n1ncc2c(=O)n(C)c(Oc3ccc(-c4cn(C)nc4C4CC4)cc3)nc21. The van der Waals surface area contributed by atoms with Crippen molar-refractivity contribution < 1.29 is 4.74 Å². The fourth-order valence-electron chi connectivity index (χ4n) is 3.71. The summed E-state index contributed by atoms with van der Waals surface area (Å²) in [7, 11) is 3.61. The van der Waals surface area contributed by atoms with Crippen molar-refractivity contribution in [2.75, 3.05) is 0 Å². The lowest BCUT2D eigenvalue weighted by Crippen LogP contribution is -2.20. The summed E-state index contributed by atoms with van der Waals surface area (Å²) in [6, 6.07) is 8.17. The molecular weight excluding hydrogens is 380 g/mol. The monoisotopic (exact) mass is 404 g/mol. The molecule has 3 aromatic heterocycles. The molecule has 0 N–H and O–H groups in total. The number of nitrogens with zero attached hydrogens (tertiary/aromatic N) is 6. The van der Waals surface area contributed by atoms with E-state index in [1.165, 1.54) is 28.7 Å². The summed E-state index contributed by atoms with van der Waals surface area (Å²) in [6.45, 7) is 4.00. The first-order chi connectivity index (χ1) is 14.4. The van der Waals surface area contributed by atoms with Gasteiger partial charge >= 0.3 is 6.01 Å². The van der Waals surface area contributed by atoms with E-state index in [1.54, 1.807) is 17.9 Å². The Hall–Kier alpha value is -3.42. The molecule has 0 bridgehead atoms.